The van der Waals surface area contributed by atoms with E-state index in [4.69, 9.17) is 0 Å². The van der Waals surface area contributed by atoms with E-state index in [1.807, 2.05) is 0 Å². The first kappa shape index (κ1) is 15.3. The number of halogens is 1. The molecule has 2 heteroatoms. The molecule has 0 saturated carbocycles. The van der Waals surface area contributed by atoms with Crippen molar-refractivity contribution in [1.82, 2.24) is 0 Å². The second kappa shape index (κ2) is 8.26. The van der Waals surface area contributed by atoms with Crippen molar-refractivity contribution in [3.05, 3.63) is 83.4 Å². The average Bonchev–Trinajstić information content (AvgIpc) is 2.50. The van der Waals surface area contributed by atoms with Crippen molar-refractivity contribution in [2.75, 3.05) is 5.33 Å². The van der Waals surface area contributed by atoms with E-state index >= 15 is 0 Å². The summed E-state index contributed by atoms with van der Waals surface area (Å²) in [6, 6.07) is 21.1. The molecule has 0 aliphatic rings. The molecule has 2 aromatic rings. The van der Waals surface area contributed by atoms with E-state index in [-0.39, 0.29) is 15.0 Å². The van der Waals surface area contributed by atoms with E-state index < -0.39 is 0 Å². The molecule has 20 heavy (non-hydrogen) atoms. The number of allylic oxidation sites excluding steroid dienone is 3. The Morgan fingerprint density at radius 3 is 2.20 bits per heavy atom. The van der Waals surface area contributed by atoms with Gasteiger partial charge in [-0.2, -0.15) is 0 Å². The number of benzene rings is 2. The van der Waals surface area contributed by atoms with Gasteiger partial charge >= 0.3 is 136 Å². The molecule has 2 aromatic carbocycles. The molecule has 0 aliphatic carbocycles. The predicted molar refractivity (Wildman–Crippen MR) is 93.8 cm³/mol. The van der Waals surface area contributed by atoms with Crippen LogP contribution < -0.4 is 4.46 Å². The van der Waals surface area contributed by atoms with Crippen molar-refractivity contribution in [3.63, 3.8) is 0 Å². The average molecular weight is 392 g/mol. The molecule has 0 aliphatic heterocycles. The minimum absolute atomic E-state index is 0.273. The van der Waals surface area contributed by atoms with Crippen LogP contribution in [0.5, 0.6) is 0 Å². The van der Waals surface area contributed by atoms with Gasteiger partial charge in [0.25, 0.3) is 0 Å². The third kappa shape index (κ3) is 4.49. The van der Waals surface area contributed by atoms with E-state index in [1.165, 1.54) is 20.1 Å². The fourth-order valence-electron chi connectivity index (χ4n) is 1.90. The van der Waals surface area contributed by atoms with Crippen LogP contribution in [-0.4, -0.2) is 20.3 Å². The van der Waals surface area contributed by atoms with Crippen molar-refractivity contribution < 1.29 is 0 Å². The van der Waals surface area contributed by atoms with Crippen LogP contribution in [0.15, 0.2) is 77.8 Å². The standard InChI is InChI=1S/C18H17BrSe/c1-15(20-17-11-6-3-7-12-17)18(13-8-14-19)16-9-4-2-5-10-16/h2-7,9-13H,1,8,14H2/b18-13-. The molecule has 0 nitrogen and oxygen atoms in total. The maximum atomic E-state index is 4.32. The van der Waals surface area contributed by atoms with Crippen LogP contribution in [-0.2, 0) is 0 Å². The molecular weight excluding hydrogens is 375 g/mol. The summed E-state index contributed by atoms with van der Waals surface area (Å²) in [6.07, 6.45) is 3.31. The van der Waals surface area contributed by atoms with Gasteiger partial charge in [0.15, 0.2) is 0 Å². The van der Waals surface area contributed by atoms with Crippen LogP contribution >= 0.6 is 15.9 Å². The monoisotopic (exact) mass is 392 g/mol. The molecule has 0 atom stereocenters. The Bertz CT molecular complexity index is 573. The molecule has 0 unspecified atom stereocenters. The van der Waals surface area contributed by atoms with Crippen LogP contribution in [0.4, 0.5) is 0 Å². The Balaban J connectivity index is 2.21. The van der Waals surface area contributed by atoms with Gasteiger partial charge in [-0.15, -0.1) is 0 Å². The zero-order chi connectivity index (χ0) is 14.2. The normalized spacial score (nSPS) is 11.3. The maximum absolute atomic E-state index is 4.32. The Kier molecular flexibility index (Phi) is 6.32. The van der Waals surface area contributed by atoms with Crippen molar-refractivity contribution in [3.8, 4) is 0 Å². The topological polar surface area (TPSA) is 0 Å². The van der Waals surface area contributed by atoms with Crippen molar-refractivity contribution in [2.45, 2.75) is 6.42 Å². The molecule has 2 rings (SSSR count). The Labute approximate surface area is 135 Å². The summed E-state index contributed by atoms with van der Waals surface area (Å²) in [5.41, 5.74) is 2.55. The first-order valence-electron chi connectivity index (χ1n) is 6.55. The summed E-state index contributed by atoms with van der Waals surface area (Å²) in [4.78, 5) is 0. The molecule has 0 aromatic heterocycles. The van der Waals surface area contributed by atoms with Gasteiger partial charge in [-0.25, -0.2) is 0 Å². The van der Waals surface area contributed by atoms with E-state index in [0.29, 0.717) is 0 Å². The van der Waals surface area contributed by atoms with Gasteiger partial charge in [-0.05, 0) is 0 Å². The van der Waals surface area contributed by atoms with E-state index in [9.17, 15) is 0 Å². The van der Waals surface area contributed by atoms with E-state index in [0.717, 1.165) is 11.8 Å². The molecular formula is C18H17BrSe. The van der Waals surface area contributed by atoms with E-state index in [2.05, 4.69) is 89.2 Å². The molecule has 0 saturated heterocycles. The van der Waals surface area contributed by atoms with Gasteiger partial charge < -0.3 is 0 Å². The summed E-state index contributed by atoms with van der Waals surface area (Å²) in [6.45, 7) is 4.32. The van der Waals surface area contributed by atoms with Crippen LogP contribution in [0.3, 0.4) is 0 Å². The fourth-order valence-corrected chi connectivity index (χ4v) is 3.99. The quantitative estimate of drug-likeness (QED) is 0.389. The van der Waals surface area contributed by atoms with Crippen LogP contribution in [0.25, 0.3) is 5.57 Å². The van der Waals surface area contributed by atoms with Gasteiger partial charge in [-0.3, -0.25) is 0 Å². The Hall–Kier alpha value is -1.08. The molecule has 0 spiro atoms. The molecule has 0 amide bonds. The molecule has 102 valence electrons. The molecule has 0 fully saturated rings. The summed E-state index contributed by atoms with van der Waals surface area (Å²) in [5, 5.41) is 0.981. The summed E-state index contributed by atoms with van der Waals surface area (Å²) in [5.74, 6) is 0. The minimum atomic E-state index is 0.273. The summed E-state index contributed by atoms with van der Waals surface area (Å²) < 4.78 is 2.60. The van der Waals surface area contributed by atoms with Crippen molar-refractivity contribution in [1.29, 1.82) is 0 Å². The van der Waals surface area contributed by atoms with Crippen LogP contribution in [0.1, 0.15) is 12.0 Å². The van der Waals surface area contributed by atoms with Gasteiger partial charge in [0.05, 0.1) is 0 Å². The zero-order valence-electron chi connectivity index (χ0n) is 11.3. The zero-order valence-corrected chi connectivity index (χ0v) is 14.6. The number of rotatable bonds is 6. The predicted octanol–water partition coefficient (Wildman–Crippen LogP) is 4.40. The summed E-state index contributed by atoms with van der Waals surface area (Å²) >= 11 is 3.77. The molecule has 0 bridgehead atoms. The second-order valence-corrected chi connectivity index (χ2v) is 7.54. The van der Waals surface area contributed by atoms with Crippen LogP contribution in [0.2, 0.25) is 0 Å². The van der Waals surface area contributed by atoms with Crippen molar-refractivity contribution in [2.24, 2.45) is 0 Å². The third-order valence-corrected chi connectivity index (χ3v) is 5.33. The van der Waals surface area contributed by atoms with Crippen LogP contribution in [0, 0.1) is 0 Å². The number of hydrogen-bond donors (Lipinski definition) is 0. The third-order valence-electron chi connectivity index (χ3n) is 2.83. The SMILES string of the molecule is C=C([Se]c1ccccc1)/C(=C/CCBr)c1ccccc1. The summed E-state index contributed by atoms with van der Waals surface area (Å²) in [7, 11) is 0. The Morgan fingerprint density at radius 2 is 1.60 bits per heavy atom. The van der Waals surface area contributed by atoms with Crippen molar-refractivity contribution >= 4 is 40.9 Å². The van der Waals surface area contributed by atoms with Gasteiger partial charge in [0, 0.05) is 0 Å². The Morgan fingerprint density at radius 1 is 1.00 bits per heavy atom. The fraction of sp³-hybridized carbons (Fsp3) is 0.111. The van der Waals surface area contributed by atoms with Gasteiger partial charge in [-0.1, -0.05) is 0 Å². The number of alkyl halides is 1. The first-order valence-corrected chi connectivity index (χ1v) is 9.38. The van der Waals surface area contributed by atoms with E-state index in [1.54, 1.807) is 0 Å². The second-order valence-electron chi connectivity index (χ2n) is 4.30. The van der Waals surface area contributed by atoms with Gasteiger partial charge in [0.2, 0.25) is 0 Å². The van der Waals surface area contributed by atoms with Gasteiger partial charge in [0.1, 0.15) is 0 Å². The number of hydrogen-bond acceptors (Lipinski definition) is 0. The molecule has 0 N–H and O–H groups in total. The molecule has 0 radical (unpaired) electrons. The first-order chi connectivity index (χ1) is 9.81. The molecule has 0 heterocycles.